The molecular formula is C12H15N5O2S. The fourth-order valence-corrected chi connectivity index (χ4v) is 2.41. The van der Waals surface area contributed by atoms with Gasteiger partial charge in [0.1, 0.15) is 11.6 Å². The van der Waals surface area contributed by atoms with Gasteiger partial charge in [0.05, 0.1) is 14.2 Å². The van der Waals surface area contributed by atoms with E-state index in [9.17, 15) is 0 Å². The molecule has 0 bridgehead atoms. The number of rotatable bonds is 4. The number of nitrogen functional groups attached to an aromatic ring is 3. The van der Waals surface area contributed by atoms with Crippen molar-refractivity contribution in [1.29, 1.82) is 0 Å². The zero-order valence-corrected chi connectivity index (χ0v) is 11.9. The number of anilines is 3. The van der Waals surface area contributed by atoms with Crippen molar-refractivity contribution in [3.8, 4) is 11.5 Å². The summed E-state index contributed by atoms with van der Waals surface area (Å²) in [5, 5.41) is 0.418. The summed E-state index contributed by atoms with van der Waals surface area (Å²) < 4.78 is 10.4. The highest BCUT2D eigenvalue weighted by Crippen LogP contribution is 2.39. The molecule has 0 aliphatic heterocycles. The Labute approximate surface area is 120 Å². The summed E-state index contributed by atoms with van der Waals surface area (Å²) in [6.07, 6.45) is 0. The number of nitrogens with zero attached hydrogens (tertiary/aromatic N) is 2. The highest BCUT2D eigenvalue weighted by atomic mass is 32.2. The summed E-state index contributed by atoms with van der Waals surface area (Å²) >= 11 is 1.25. The van der Waals surface area contributed by atoms with Crippen LogP contribution in [-0.4, -0.2) is 24.2 Å². The molecule has 0 saturated carbocycles. The van der Waals surface area contributed by atoms with Gasteiger partial charge in [0.2, 0.25) is 0 Å². The Hall–Kier alpha value is -2.35. The summed E-state index contributed by atoms with van der Waals surface area (Å²) in [6.45, 7) is 0. The predicted octanol–water partition coefficient (Wildman–Crippen LogP) is 1.39. The summed E-state index contributed by atoms with van der Waals surface area (Å²) in [6, 6.07) is 4.92. The van der Waals surface area contributed by atoms with Gasteiger partial charge >= 0.3 is 0 Å². The highest BCUT2D eigenvalue weighted by Gasteiger charge is 2.12. The molecule has 0 atom stereocenters. The second-order valence-electron chi connectivity index (χ2n) is 3.85. The van der Waals surface area contributed by atoms with Gasteiger partial charge in [0.15, 0.2) is 16.7 Å². The maximum absolute atomic E-state index is 5.97. The first kappa shape index (κ1) is 14.1. The molecule has 1 aromatic carbocycles. The van der Waals surface area contributed by atoms with E-state index in [4.69, 9.17) is 26.7 Å². The molecule has 0 amide bonds. The minimum atomic E-state index is 0.305. The first-order chi connectivity index (χ1) is 9.53. The van der Waals surface area contributed by atoms with Crippen LogP contribution in [0, 0.1) is 0 Å². The Kier molecular flexibility index (Phi) is 4.04. The zero-order valence-electron chi connectivity index (χ0n) is 11.1. The molecule has 6 N–H and O–H groups in total. The van der Waals surface area contributed by atoms with Gasteiger partial charge in [-0.05, 0) is 11.8 Å². The fraction of sp³-hybridized carbons (Fsp3) is 0.167. The Bertz CT molecular complexity index is 615. The van der Waals surface area contributed by atoms with E-state index < -0.39 is 0 Å². The van der Waals surface area contributed by atoms with Crippen LogP contribution < -0.4 is 26.7 Å². The van der Waals surface area contributed by atoms with Gasteiger partial charge < -0.3 is 26.7 Å². The van der Waals surface area contributed by atoms with Gasteiger partial charge in [-0.15, -0.1) is 0 Å². The highest BCUT2D eigenvalue weighted by molar-refractivity contribution is 7.99. The van der Waals surface area contributed by atoms with Crippen LogP contribution in [0.1, 0.15) is 0 Å². The predicted molar refractivity (Wildman–Crippen MR) is 78.9 cm³/mol. The third-order valence-corrected chi connectivity index (χ3v) is 3.40. The molecule has 0 radical (unpaired) electrons. The fourth-order valence-electron chi connectivity index (χ4n) is 1.57. The summed E-state index contributed by atoms with van der Waals surface area (Å²) in [4.78, 5) is 8.91. The van der Waals surface area contributed by atoms with E-state index in [2.05, 4.69) is 9.97 Å². The molecule has 8 heteroatoms. The van der Waals surface area contributed by atoms with Crippen molar-refractivity contribution in [3.63, 3.8) is 0 Å². The van der Waals surface area contributed by atoms with Crippen molar-refractivity contribution < 1.29 is 9.47 Å². The average Bonchev–Trinajstić information content (AvgIpc) is 2.39. The lowest BCUT2D eigenvalue weighted by atomic mass is 10.3. The van der Waals surface area contributed by atoms with E-state index in [-0.39, 0.29) is 0 Å². The average molecular weight is 293 g/mol. The van der Waals surface area contributed by atoms with Crippen LogP contribution in [0.5, 0.6) is 11.5 Å². The van der Waals surface area contributed by atoms with Gasteiger partial charge in [-0.2, -0.15) is 0 Å². The number of ether oxygens (including phenoxy) is 2. The summed E-state index contributed by atoms with van der Waals surface area (Å²) in [5.74, 6) is 1.74. The maximum atomic E-state index is 5.97. The molecule has 0 saturated heterocycles. The van der Waals surface area contributed by atoms with Crippen molar-refractivity contribution in [2.24, 2.45) is 0 Å². The zero-order chi connectivity index (χ0) is 14.7. The molecule has 0 aliphatic rings. The molecule has 0 spiro atoms. The Morgan fingerprint density at radius 1 is 0.900 bits per heavy atom. The SMILES string of the molecule is COc1cc(N)c(Sc2nc(N)cc(N)n2)cc1OC. The van der Waals surface area contributed by atoms with Crippen LogP contribution in [0.4, 0.5) is 17.3 Å². The Morgan fingerprint density at radius 2 is 1.45 bits per heavy atom. The van der Waals surface area contributed by atoms with Gasteiger partial charge in [-0.3, -0.25) is 0 Å². The molecule has 1 aromatic heterocycles. The van der Waals surface area contributed by atoms with Crippen molar-refractivity contribution >= 4 is 29.1 Å². The van der Waals surface area contributed by atoms with E-state index in [1.54, 1.807) is 26.4 Å². The number of hydrogen-bond donors (Lipinski definition) is 3. The largest absolute Gasteiger partial charge is 0.493 e. The Morgan fingerprint density at radius 3 is 2.00 bits per heavy atom. The molecular weight excluding hydrogens is 278 g/mol. The molecule has 7 nitrogen and oxygen atoms in total. The van der Waals surface area contributed by atoms with Crippen LogP contribution in [0.25, 0.3) is 0 Å². The quantitative estimate of drug-likeness (QED) is 0.571. The first-order valence-corrected chi connectivity index (χ1v) is 6.44. The molecule has 0 aliphatic carbocycles. The number of hydrogen-bond acceptors (Lipinski definition) is 8. The summed E-state index contributed by atoms with van der Waals surface area (Å²) in [7, 11) is 3.10. The second-order valence-corrected chi connectivity index (χ2v) is 4.86. The Balaban J connectivity index is 2.37. The lowest BCUT2D eigenvalue weighted by Gasteiger charge is -2.11. The second kappa shape index (κ2) is 5.74. The molecule has 106 valence electrons. The number of nitrogens with two attached hydrogens (primary N) is 3. The van der Waals surface area contributed by atoms with Crippen molar-refractivity contribution in [1.82, 2.24) is 9.97 Å². The maximum Gasteiger partial charge on any atom is 0.196 e. The van der Waals surface area contributed by atoms with E-state index in [0.29, 0.717) is 34.0 Å². The topological polar surface area (TPSA) is 122 Å². The van der Waals surface area contributed by atoms with E-state index in [1.165, 1.54) is 17.8 Å². The van der Waals surface area contributed by atoms with Gasteiger partial charge in [0.25, 0.3) is 0 Å². The lowest BCUT2D eigenvalue weighted by molar-refractivity contribution is 0.354. The van der Waals surface area contributed by atoms with Crippen LogP contribution in [-0.2, 0) is 0 Å². The molecule has 0 fully saturated rings. The van der Waals surface area contributed by atoms with Gasteiger partial charge in [-0.25, -0.2) is 9.97 Å². The monoisotopic (exact) mass is 293 g/mol. The normalized spacial score (nSPS) is 10.3. The number of methoxy groups -OCH3 is 2. The van der Waals surface area contributed by atoms with Crippen LogP contribution in [0.15, 0.2) is 28.3 Å². The minimum absolute atomic E-state index is 0.305. The summed E-state index contributed by atoms with van der Waals surface area (Å²) in [5.41, 5.74) is 17.8. The number of benzene rings is 1. The first-order valence-electron chi connectivity index (χ1n) is 5.63. The van der Waals surface area contributed by atoms with Gasteiger partial charge in [-0.1, -0.05) is 0 Å². The van der Waals surface area contributed by atoms with E-state index in [1.807, 2.05) is 0 Å². The molecule has 0 unspecified atom stereocenters. The minimum Gasteiger partial charge on any atom is -0.493 e. The van der Waals surface area contributed by atoms with Crippen LogP contribution in [0.2, 0.25) is 0 Å². The standard InChI is InChI=1S/C12H15N5O2S/c1-18-7-3-6(13)9(4-8(7)19-2)20-12-16-10(14)5-11(15)17-12/h3-5H,13H2,1-2H3,(H4,14,15,16,17). The molecule has 2 rings (SSSR count). The van der Waals surface area contributed by atoms with Crippen molar-refractivity contribution in [2.45, 2.75) is 10.1 Å². The molecule has 1 heterocycles. The smallest absolute Gasteiger partial charge is 0.196 e. The van der Waals surface area contributed by atoms with Crippen molar-refractivity contribution in [2.75, 3.05) is 31.4 Å². The van der Waals surface area contributed by atoms with Crippen molar-refractivity contribution in [3.05, 3.63) is 18.2 Å². The molecule has 2 aromatic rings. The van der Waals surface area contributed by atoms with Gasteiger partial charge in [0, 0.05) is 28.8 Å². The van der Waals surface area contributed by atoms with E-state index >= 15 is 0 Å². The third-order valence-electron chi connectivity index (χ3n) is 2.46. The lowest BCUT2D eigenvalue weighted by Crippen LogP contribution is -2.00. The molecule has 20 heavy (non-hydrogen) atoms. The van der Waals surface area contributed by atoms with E-state index in [0.717, 1.165) is 4.90 Å². The van der Waals surface area contributed by atoms with Crippen LogP contribution >= 0.6 is 11.8 Å². The number of aromatic nitrogens is 2. The third kappa shape index (κ3) is 2.97. The van der Waals surface area contributed by atoms with Crippen LogP contribution in [0.3, 0.4) is 0 Å².